The molecule has 0 aliphatic rings. The predicted molar refractivity (Wildman–Crippen MR) is 83.2 cm³/mol. The summed E-state index contributed by atoms with van der Waals surface area (Å²) in [5.41, 5.74) is 10.4. The fourth-order valence-corrected chi connectivity index (χ4v) is 2.57. The highest BCUT2D eigenvalue weighted by atomic mass is 16.5. The van der Waals surface area contributed by atoms with Gasteiger partial charge >= 0.3 is 0 Å². The van der Waals surface area contributed by atoms with Crippen LogP contribution in [-0.4, -0.2) is 11.7 Å². The van der Waals surface area contributed by atoms with E-state index < -0.39 is 0 Å². The van der Waals surface area contributed by atoms with Gasteiger partial charge in [0.05, 0.1) is 12.6 Å². The first kappa shape index (κ1) is 12.6. The molecule has 0 atom stereocenters. The Morgan fingerprint density at radius 1 is 1.10 bits per heavy atom. The molecule has 0 unspecified atom stereocenters. The van der Waals surface area contributed by atoms with Crippen LogP contribution in [0.4, 0.5) is 5.69 Å². The van der Waals surface area contributed by atoms with Crippen LogP contribution in [-0.2, 0) is 6.54 Å². The van der Waals surface area contributed by atoms with Gasteiger partial charge in [0.15, 0.2) is 0 Å². The van der Waals surface area contributed by atoms with Crippen LogP contribution in [0, 0.1) is 6.92 Å². The van der Waals surface area contributed by atoms with Crippen molar-refractivity contribution >= 4 is 16.6 Å². The fourth-order valence-electron chi connectivity index (χ4n) is 2.57. The molecular formula is C17H18N2O. The lowest BCUT2D eigenvalue weighted by molar-refractivity contribution is 0.420. The zero-order valence-corrected chi connectivity index (χ0v) is 11.8. The molecule has 0 saturated carbocycles. The van der Waals surface area contributed by atoms with E-state index in [-0.39, 0.29) is 0 Å². The topological polar surface area (TPSA) is 40.2 Å². The van der Waals surface area contributed by atoms with Gasteiger partial charge < -0.3 is 15.0 Å². The Morgan fingerprint density at radius 2 is 1.90 bits per heavy atom. The Hall–Kier alpha value is -2.42. The first-order chi connectivity index (χ1) is 9.70. The minimum Gasteiger partial charge on any atom is -0.496 e. The van der Waals surface area contributed by atoms with Gasteiger partial charge in [-0.1, -0.05) is 18.2 Å². The number of methoxy groups -OCH3 is 1. The van der Waals surface area contributed by atoms with Gasteiger partial charge in [-0.15, -0.1) is 0 Å². The van der Waals surface area contributed by atoms with Gasteiger partial charge in [0.1, 0.15) is 5.75 Å². The van der Waals surface area contributed by atoms with Gasteiger partial charge in [0, 0.05) is 23.8 Å². The van der Waals surface area contributed by atoms with Crippen molar-refractivity contribution in [1.29, 1.82) is 0 Å². The lowest BCUT2D eigenvalue weighted by atomic mass is 10.1. The zero-order valence-electron chi connectivity index (χ0n) is 11.8. The van der Waals surface area contributed by atoms with Crippen molar-refractivity contribution in [2.24, 2.45) is 0 Å². The first-order valence-corrected chi connectivity index (χ1v) is 6.66. The van der Waals surface area contributed by atoms with E-state index in [1.807, 2.05) is 24.3 Å². The van der Waals surface area contributed by atoms with E-state index in [4.69, 9.17) is 10.5 Å². The number of nitrogen functional groups attached to an aromatic ring is 1. The molecule has 3 nitrogen and oxygen atoms in total. The second-order valence-electron chi connectivity index (χ2n) is 4.97. The molecule has 2 aromatic carbocycles. The molecule has 0 spiro atoms. The number of benzene rings is 2. The molecule has 0 amide bonds. The normalized spacial score (nSPS) is 10.9. The Bertz CT molecular complexity index is 759. The molecule has 1 heterocycles. The average molecular weight is 266 g/mol. The number of ether oxygens (including phenoxy) is 1. The van der Waals surface area contributed by atoms with Crippen molar-refractivity contribution in [3.8, 4) is 5.75 Å². The van der Waals surface area contributed by atoms with Crippen molar-refractivity contribution in [2.45, 2.75) is 13.5 Å². The number of nitrogens with zero attached hydrogens (tertiary/aromatic N) is 1. The third kappa shape index (κ3) is 2.01. The Morgan fingerprint density at radius 3 is 2.70 bits per heavy atom. The smallest absolute Gasteiger partial charge is 0.128 e. The Labute approximate surface area is 118 Å². The molecule has 0 radical (unpaired) electrons. The highest BCUT2D eigenvalue weighted by Crippen LogP contribution is 2.27. The van der Waals surface area contributed by atoms with Crippen molar-refractivity contribution in [3.05, 3.63) is 59.8 Å². The summed E-state index contributed by atoms with van der Waals surface area (Å²) in [7, 11) is 1.70. The van der Waals surface area contributed by atoms with Crippen molar-refractivity contribution in [2.75, 3.05) is 12.8 Å². The summed E-state index contributed by atoms with van der Waals surface area (Å²) in [5, 5.41) is 1.14. The van der Waals surface area contributed by atoms with E-state index in [1.54, 1.807) is 7.11 Å². The maximum absolute atomic E-state index is 5.98. The summed E-state index contributed by atoms with van der Waals surface area (Å²) in [6.07, 6.45) is 2.09. The number of hydrogen-bond acceptors (Lipinski definition) is 2. The van der Waals surface area contributed by atoms with Gasteiger partial charge in [-0.3, -0.25) is 0 Å². The number of nitrogens with two attached hydrogens (primary N) is 1. The Kier molecular flexibility index (Phi) is 3.11. The van der Waals surface area contributed by atoms with Crippen LogP contribution in [0.5, 0.6) is 5.75 Å². The summed E-state index contributed by atoms with van der Waals surface area (Å²) in [6, 6.07) is 14.3. The lowest BCUT2D eigenvalue weighted by Gasteiger charge is -2.11. The third-order valence-electron chi connectivity index (χ3n) is 3.82. The van der Waals surface area contributed by atoms with Crippen LogP contribution in [0.25, 0.3) is 10.9 Å². The molecule has 0 bridgehead atoms. The van der Waals surface area contributed by atoms with Crippen molar-refractivity contribution in [3.63, 3.8) is 0 Å². The maximum atomic E-state index is 5.98. The van der Waals surface area contributed by atoms with Gasteiger partial charge in [-0.2, -0.15) is 0 Å². The van der Waals surface area contributed by atoms with E-state index in [0.717, 1.165) is 28.9 Å². The van der Waals surface area contributed by atoms with Gasteiger partial charge in [0.2, 0.25) is 0 Å². The number of aromatic nitrogens is 1. The van der Waals surface area contributed by atoms with Crippen LogP contribution < -0.4 is 10.5 Å². The zero-order chi connectivity index (χ0) is 14.1. The fraction of sp³-hybridized carbons (Fsp3) is 0.176. The Balaban J connectivity index is 2.05. The first-order valence-electron chi connectivity index (χ1n) is 6.66. The highest BCUT2D eigenvalue weighted by molar-refractivity contribution is 5.86. The monoisotopic (exact) mass is 266 g/mol. The minimum absolute atomic E-state index is 0.813. The van der Waals surface area contributed by atoms with Gasteiger partial charge in [0.25, 0.3) is 0 Å². The maximum Gasteiger partial charge on any atom is 0.128 e. The number of hydrogen-bond donors (Lipinski definition) is 1. The van der Waals surface area contributed by atoms with Crippen LogP contribution >= 0.6 is 0 Å². The van der Waals surface area contributed by atoms with Crippen molar-refractivity contribution in [1.82, 2.24) is 4.57 Å². The van der Waals surface area contributed by atoms with Gasteiger partial charge in [-0.25, -0.2) is 0 Å². The molecule has 20 heavy (non-hydrogen) atoms. The number of rotatable bonds is 3. The summed E-state index contributed by atoms with van der Waals surface area (Å²) in [6.45, 7) is 2.88. The summed E-state index contributed by atoms with van der Waals surface area (Å²) in [5.74, 6) is 0.908. The summed E-state index contributed by atoms with van der Waals surface area (Å²) in [4.78, 5) is 0. The number of fused-ring (bicyclic) bond motifs is 1. The molecular weight excluding hydrogens is 248 g/mol. The molecule has 3 heteroatoms. The van der Waals surface area contributed by atoms with E-state index >= 15 is 0 Å². The van der Waals surface area contributed by atoms with Crippen molar-refractivity contribution < 1.29 is 4.74 Å². The van der Waals surface area contributed by atoms with Crippen LogP contribution in [0.15, 0.2) is 48.7 Å². The van der Waals surface area contributed by atoms with Crippen LogP contribution in [0.1, 0.15) is 11.1 Å². The molecule has 0 aliphatic heterocycles. The molecule has 0 saturated heterocycles. The summed E-state index contributed by atoms with van der Waals surface area (Å²) >= 11 is 0. The molecule has 102 valence electrons. The second kappa shape index (κ2) is 4.93. The molecule has 3 aromatic rings. The van der Waals surface area contributed by atoms with E-state index in [0.29, 0.717) is 0 Å². The molecule has 3 rings (SSSR count). The molecule has 0 fully saturated rings. The molecule has 1 aromatic heterocycles. The number of anilines is 1. The van der Waals surface area contributed by atoms with E-state index in [2.05, 4.69) is 35.9 Å². The van der Waals surface area contributed by atoms with Crippen LogP contribution in [0.3, 0.4) is 0 Å². The van der Waals surface area contributed by atoms with E-state index in [1.165, 1.54) is 11.1 Å². The standard InChI is InChI=1S/C17H18N2O/c1-12-13(5-3-6-15(12)18)11-19-10-9-14-16(19)7-4-8-17(14)20-2/h3-10H,11,18H2,1-2H3. The predicted octanol–water partition coefficient (Wildman–Crippen LogP) is 3.59. The van der Waals surface area contributed by atoms with E-state index in [9.17, 15) is 0 Å². The lowest BCUT2D eigenvalue weighted by Crippen LogP contribution is -2.02. The minimum atomic E-state index is 0.813. The summed E-state index contributed by atoms with van der Waals surface area (Å²) < 4.78 is 7.62. The molecule has 0 aliphatic carbocycles. The average Bonchev–Trinajstić information content (AvgIpc) is 2.87. The van der Waals surface area contributed by atoms with Gasteiger partial charge in [-0.05, 0) is 42.3 Å². The SMILES string of the molecule is COc1cccc2c1ccn2Cc1cccc(N)c1C. The molecule has 2 N–H and O–H groups in total. The van der Waals surface area contributed by atoms with Crippen LogP contribution in [0.2, 0.25) is 0 Å². The third-order valence-corrected chi connectivity index (χ3v) is 3.82. The second-order valence-corrected chi connectivity index (χ2v) is 4.97. The quantitative estimate of drug-likeness (QED) is 0.736. The largest absolute Gasteiger partial charge is 0.496 e. The highest BCUT2D eigenvalue weighted by Gasteiger charge is 2.08.